The van der Waals surface area contributed by atoms with E-state index in [1.54, 1.807) is 7.05 Å². The van der Waals surface area contributed by atoms with Gasteiger partial charge in [0.1, 0.15) is 11.4 Å². The summed E-state index contributed by atoms with van der Waals surface area (Å²) < 4.78 is 0. The van der Waals surface area contributed by atoms with Gasteiger partial charge in [0, 0.05) is 11.9 Å². The van der Waals surface area contributed by atoms with Crippen LogP contribution in [0.4, 0.5) is 0 Å². The third kappa shape index (κ3) is 2.99. The fraction of sp³-hybridized carbons (Fsp3) is 0.235. The van der Waals surface area contributed by atoms with Crippen molar-refractivity contribution in [2.75, 3.05) is 7.05 Å². The Hall–Kier alpha value is -1.85. The molecule has 0 saturated carbocycles. The van der Waals surface area contributed by atoms with Crippen molar-refractivity contribution in [3.63, 3.8) is 0 Å². The predicted molar refractivity (Wildman–Crippen MR) is 92.8 cm³/mol. The zero-order chi connectivity index (χ0) is 16.3. The number of halogens is 1. The monoisotopic (exact) mass is 345 g/mol. The average Bonchev–Trinajstić information content (AvgIpc) is 2.93. The molecule has 0 saturated heterocycles. The van der Waals surface area contributed by atoms with Crippen molar-refractivity contribution in [2.24, 2.45) is 10.2 Å². The van der Waals surface area contributed by atoms with Crippen LogP contribution in [0.15, 0.2) is 75.8 Å². The van der Waals surface area contributed by atoms with Gasteiger partial charge >= 0.3 is 0 Å². The van der Waals surface area contributed by atoms with E-state index in [1.165, 1.54) is 11.8 Å². The molecule has 1 N–H and O–H groups in total. The molecule has 1 aliphatic rings. The molecule has 2 aromatic carbocycles. The molecular formula is C17H16ClN3OS. The van der Waals surface area contributed by atoms with Crippen LogP contribution in [0, 0.1) is 0 Å². The highest BCUT2D eigenvalue weighted by molar-refractivity contribution is 8.01. The minimum atomic E-state index is -1.17. The van der Waals surface area contributed by atoms with E-state index in [0.717, 1.165) is 10.5 Å². The summed E-state index contributed by atoms with van der Waals surface area (Å²) >= 11 is 8.02. The molecule has 0 radical (unpaired) electrons. The summed E-state index contributed by atoms with van der Waals surface area (Å²) in [6.07, 6.45) is 0. The second-order valence-electron chi connectivity index (χ2n) is 5.16. The minimum Gasteiger partial charge on any atom is -0.356 e. The Morgan fingerprint density at radius 3 is 2.35 bits per heavy atom. The molecule has 0 aromatic heterocycles. The number of hydrogen-bond acceptors (Lipinski definition) is 4. The molecule has 2 aromatic rings. The molecule has 23 heavy (non-hydrogen) atoms. The first-order chi connectivity index (χ1) is 11.2. The van der Waals surface area contributed by atoms with E-state index in [4.69, 9.17) is 11.6 Å². The first-order valence-electron chi connectivity index (χ1n) is 7.24. The number of nitrogens with zero attached hydrogens (tertiary/aromatic N) is 2. The minimum absolute atomic E-state index is 0.242. The van der Waals surface area contributed by atoms with E-state index >= 15 is 0 Å². The van der Waals surface area contributed by atoms with Crippen LogP contribution in [0.3, 0.4) is 0 Å². The number of azo groups is 1. The first kappa shape index (κ1) is 16.0. The average molecular weight is 346 g/mol. The lowest BCUT2D eigenvalue weighted by atomic mass is 10.0. The maximum absolute atomic E-state index is 12.6. The Bertz CT molecular complexity index is 710. The number of thioether (sulfide) groups is 1. The Balaban J connectivity index is 1.95. The zero-order valence-electron chi connectivity index (χ0n) is 12.5. The third-order valence-corrected chi connectivity index (χ3v) is 5.72. The molecule has 4 nitrogen and oxygen atoms in total. The van der Waals surface area contributed by atoms with Crippen LogP contribution in [0.1, 0.15) is 11.6 Å². The van der Waals surface area contributed by atoms with Gasteiger partial charge in [-0.05, 0) is 17.7 Å². The molecule has 1 heterocycles. The third-order valence-electron chi connectivity index (χ3n) is 3.69. The van der Waals surface area contributed by atoms with Crippen LogP contribution in [0.5, 0.6) is 0 Å². The van der Waals surface area contributed by atoms with Gasteiger partial charge in [0.25, 0.3) is 5.91 Å². The molecule has 0 unspecified atom stereocenters. The SMILES string of the molecule is CNC(=O)[C@@]1(Sc2ccccc2)N=N[C@@H](c2ccccc2)[C@@H]1Cl. The molecule has 0 fully saturated rings. The highest BCUT2D eigenvalue weighted by Gasteiger charge is 2.54. The summed E-state index contributed by atoms with van der Waals surface area (Å²) in [6.45, 7) is 0. The maximum atomic E-state index is 12.6. The summed E-state index contributed by atoms with van der Waals surface area (Å²) in [5.74, 6) is -0.242. The van der Waals surface area contributed by atoms with Crippen molar-refractivity contribution >= 4 is 29.3 Å². The van der Waals surface area contributed by atoms with E-state index in [0.29, 0.717) is 0 Å². The number of alkyl halides is 1. The number of likely N-dealkylation sites (N-methyl/N-ethyl adjacent to an activating group) is 1. The van der Waals surface area contributed by atoms with Gasteiger partial charge in [-0.15, -0.1) is 11.6 Å². The number of benzene rings is 2. The molecule has 118 valence electrons. The second-order valence-corrected chi connectivity index (χ2v) is 6.93. The van der Waals surface area contributed by atoms with Gasteiger partial charge in [0.15, 0.2) is 0 Å². The highest BCUT2D eigenvalue weighted by Crippen LogP contribution is 2.49. The van der Waals surface area contributed by atoms with E-state index < -0.39 is 10.2 Å². The Kier molecular flexibility index (Phi) is 4.68. The largest absolute Gasteiger partial charge is 0.356 e. The van der Waals surface area contributed by atoms with Crippen LogP contribution in [0.2, 0.25) is 0 Å². The lowest BCUT2D eigenvalue weighted by Crippen LogP contribution is -2.47. The van der Waals surface area contributed by atoms with Gasteiger partial charge in [-0.1, -0.05) is 60.3 Å². The van der Waals surface area contributed by atoms with Gasteiger partial charge in [0.2, 0.25) is 4.87 Å². The van der Waals surface area contributed by atoms with Crippen molar-refractivity contribution < 1.29 is 4.79 Å². The van der Waals surface area contributed by atoms with E-state index in [-0.39, 0.29) is 11.9 Å². The highest BCUT2D eigenvalue weighted by atomic mass is 35.5. The molecule has 0 aliphatic carbocycles. The standard InChI is InChI=1S/C17H16ClN3OS/c1-19-16(22)17(23-13-10-6-3-7-11-13)15(18)14(20-21-17)12-8-4-2-5-9-12/h2-11,14-15H,1H3,(H,19,22)/t14-,15-,17+/m0/s1. The quantitative estimate of drug-likeness (QED) is 0.850. The summed E-state index contributed by atoms with van der Waals surface area (Å²) in [6, 6.07) is 19.0. The summed E-state index contributed by atoms with van der Waals surface area (Å²) in [5, 5.41) is 10.7. The molecule has 1 aliphatic heterocycles. The fourth-order valence-electron chi connectivity index (χ4n) is 2.50. The van der Waals surface area contributed by atoms with Gasteiger partial charge in [-0.3, -0.25) is 4.79 Å². The maximum Gasteiger partial charge on any atom is 0.262 e. The number of rotatable bonds is 4. The topological polar surface area (TPSA) is 53.8 Å². The smallest absolute Gasteiger partial charge is 0.262 e. The van der Waals surface area contributed by atoms with Crippen molar-refractivity contribution in [2.45, 2.75) is 21.2 Å². The van der Waals surface area contributed by atoms with Crippen LogP contribution < -0.4 is 5.32 Å². The Morgan fingerprint density at radius 1 is 1.13 bits per heavy atom. The molecule has 1 amide bonds. The van der Waals surface area contributed by atoms with Crippen molar-refractivity contribution in [1.82, 2.24) is 5.32 Å². The van der Waals surface area contributed by atoms with Gasteiger partial charge < -0.3 is 5.32 Å². The zero-order valence-corrected chi connectivity index (χ0v) is 14.1. The molecule has 0 spiro atoms. The van der Waals surface area contributed by atoms with Crippen molar-refractivity contribution in [3.8, 4) is 0 Å². The number of amides is 1. The summed E-state index contributed by atoms with van der Waals surface area (Å²) in [7, 11) is 1.59. The van der Waals surface area contributed by atoms with E-state index in [1.807, 2.05) is 60.7 Å². The van der Waals surface area contributed by atoms with Crippen LogP contribution >= 0.6 is 23.4 Å². The Labute approximate surface area is 144 Å². The number of hydrogen-bond donors (Lipinski definition) is 1. The van der Waals surface area contributed by atoms with Crippen LogP contribution in [-0.4, -0.2) is 23.2 Å². The number of carbonyl (C=O) groups excluding carboxylic acids is 1. The Morgan fingerprint density at radius 2 is 1.74 bits per heavy atom. The molecule has 6 heteroatoms. The van der Waals surface area contributed by atoms with E-state index in [9.17, 15) is 4.79 Å². The second kappa shape index (κ2) is 6.72. The lowest BCUT2D eigenvalue weighted by Gasteiger charge is -2.27. The molecule has 3 atom stereocenters. The molecule has 0 bridgehead atoms. The predicted octanol–water partition coefficient (Wildman–Crippen LogP) is 4.04. The van der Waals surface area contributed by atoms with Crippen molar-refractivity contribution in [3.05, 3.63) is 66.2 Å². The van der Waals surface area contributed by atoms with Crippen molar-refractivity contribution in [1.29, 1.82) is 0 Å². The first-order valence-corrected chi connectivity index (χ1v) is 8.50. The van der Waals surface area contributed by atoms with Gasteiger partial charge in [-0.2, -0.15) is 10.2 Å². The van der Waals surface area contributed by atoms with Gasteiger partial charge in [-0.25, -0.2) is 0 Å². The molecule has 3 rings (SSSR count). The lowest BCUT2D eigenvalue weighted by molar-refractivity contribution is -0.122. The normalized spacial score (nSPS) is 26.2. The fourth-order valence-corrected chi connectivity index (χ4v) is 4.15. The molecular weight excluding hydrogens is 330 g/mol. The van der Waals surface area contributed by atoms with Crippen LogP contribution in [-0.2, 0) is 4.79 Å². The summed E-state index contributed by atoms with van der Waals surface area (Å²) in [4.78, 5) is 12.3. The van der Waals surface area contributed by atoms with Gasteiger partial charge in [0.05, 0.1) is 0 Å². The van der Waals surface area contributed by atoms with Crippen LogP contribution in [0.25, 0.3) is 0 Å². The number of carbonyl (C=O) groups is 1. The number of nitrogens with one attached hydrogen (secondary N) is 1. The van der Waals surface area contributed by atoms with E-state index in [2.05, 4.69) is 15.5 Å². The summed E-state index contributed by atoms with van der Waals surface area (Å²) in [5.41, 5.74) is 0.954.